The summed E-state index contributed by atoms with van der Waals surface area (Å²) in [5.41, 5.74) is 1.10. The van der Waals surface area contributed by atoms with Gasteiger partial charge < -0.3 is 20.1 Å². The number of hydrogen-bond acceptors (Lipinski definition) is 4. The topological polar surface area (TPSA) is 59.6 Å². The Hall–Kier alpha value is -1.75. The molecule has 0 aliphatic heterocycles. The minimum atomic E-state index is 0.0121. The Labute approximate surface area is 126 Å². The van der Waals surface area contributed by atoms with Crippen molar-refractivity contribution in [3.63, 3.8) is 0 Å². The third-order valence-corrected chi connectivity index (χ3v) is 3.39. The van der Waals surface area contributed by atoms with E-state index in [1.165, 1.54) is 12.8 Å². The molecule has 116 valence electrons. The Morgan fingerprint density at radius 3 is 2.86 bits per heavy atom. The number of hydrogen-bond donors (Lipinski definition) is 2. The van der Waals surface area contributed by atoms with Gasteiger partial charge in [-0.2, -0.15) is 0 Å². The summed E-state index contributed by atoms with van der Waals surface area (Å²) in [5.74, 6) is 1.56. The van der Waals surface area contributed by atoms with E-state index >= 15 is 0 Å². The molecule has 1 aromatic rings. The number of ether oxygens (including phenoxy) is 2. The van der Waals surface area contributed by atoms with Crippen LogP contribution in [0.1, 0.15) is 31.7 Å². The Morgan fingerprint density at radius 1 is 1.38 bits per heavy atom. The molecule has 0 radical (unpaired) electrons. The average Bonchev–Trinajstić information content (AvgIpc) is 3.30. The second kappa shape index (κ2) is 7.88. The molecule has 0 saturated heterocycles. The predicted molar refractivity (Wildman–Crippen MR) is 81.7 cm³/mol. The highest BCUT2D eigenvalue weighted by Gasteiger charge is 2.20. The molecule has 5 nitrogen and oxygen atoms in total. The molecule has 1 amide bonds. The van der Waals surface area contributed by atoms with Gasteiger partial charge in [-0.25, -0.2) is 0 Å². The Kier molecular flexibility index (Phi) is 5.87. The molecule has 1 fully saturated rings. The molecule has 2 N–H and O–H groups in total. The summed E-state index contributed by atoms with van der Waals surface area (Å²) in [5, 5.41) is 6.23. The highest BCUT2D eigenvalue weighted by atomic mass is 16.5. The van der Waals surface area contributed by atoms with Crippen LogP contribution in [-0.2, 0) is 11.3 Å². The zero-order valence-corrected chi connectivity index (χ0v) is 12.8. The first-order valence-electron chi connectivity index (χ1n) is 7.52. The van der Waals surface area contributed by atoms with E-state index in [9.17, 15) is 4.79 Å². The number of amides is 1. The van der Waals surface area contributed by atoms with Crippen molar-refractivity contribution in [1.82, 2.24) is 10.6 Å². The van der Waals surface area contributed by atoms with Crippen molar-refractivity contribution in [2.45, 2.75) is 38.8 Å². The van der Waals surface area contributed by atoms with Crippen LogP contribution in [0.5, 0.6) is 11.5 Å². The summed E-state index contributed by atoms with van der Waals surface area (Å²) >= 11 is 0. The molecule has 1 aliphatic rings. The molecule has 21 heavy (non-hydrogen) atoms. The zero-order valence-electron chi connectivity index (χ0n) is 12.8. The van der Waals surface area contributed by atoms with E-state index in [1.54, 1.807) is 7.11 Å². The van der Waals surface area contributed by atoms with Crippen LogP contribution in [0.3, 0.4) is 0 Å². The van der Waals surface area contributed by atoms with Gasteiger partial charge in [0.25, 0.3) is 0 Å². The van der Waals surface area contributed by atoms with Gasteiger partial charge in [0.05, 0.1) is 20.1 Å². The lowest BCUT2D eigenvalue weighted by Crippen LogP contribution is -2.24. The van der Waals surface area contributed by atoms with Gasteiger partial charge in [0.15, 0.2) is 0 Å². The van der Waals surface area contributed by atoms with Crippen LogP contribution in [0.4, 0.5) is 0 Å². The van der Waals surface area contributed by atoms with Crippen LogP contribution in [-0.4, -0.2) is 32.2 Å². The van der Waals surface area contributed by atoms with E-state index in [2.05, 4.69) is 10.6 Å². The highest BCUT2D eigenvalue weighted by Crippen LogP contribution is 2.26. The third-order valence-electron chi connectivity index (χ3n) is 3.39. The minimum Gasteiger partial charge on any atom is -0.497 e. The smallest absolute Gasteiger partial charge is 0.223 e. The largest absolute Gasteiger partial charge is 0.497 e. The minimum absolute atomic E-state index is 0.0121. The standard InChI is InChI=1S/C16H24N2O3/c1-3-17-16(19)8-9-21-15-10-14(20-2)7-4-12(15)11-18-13-5-6-13/h4,7,10,13,18H,3,5-6,8-9,11H2,1-2H3,(H,17,19). The first kappa shape index (κ1) is 15.6. The van der Waals surface area contributed by atoms with E-state index in [0.717, 1.165) is 23.6 Å². The summed E-state index contributed by atoms with van der Waals surface area (Å²) < 4.78 is 11.0. The van der Waals surface area contributed by atoms with Gasteiger partial charge in [-0.15, -0.1) is 0 Å². The van der Waals surface area contributed by atoms with Crippen molar-refractivity contribution in [3.05, 3.63) is 23.8 Å². The van der Waals surface area contributed by atoms with E-state index < -0.39 is 0 Å². The molecule has 5 heteroatoms. The molecule has 2 rings (SSSR count). The number of methoxy groups -OCH3 is 1. The van der Waals surface area contributed by atoms with E-state index in [1.807, 2.05) is 25.1 Å². The second-order valence-electron chi connectivity index (χ2n) is 5.18. The maximum Gasteiger partial charge on any atom is 0.223 e. The molecule has 0 spiro atoms. The summed E-state index contributed by atoms with van der Waals surface area (Å²) in [6.45, 7) is 3.71. The zero-order chi connectivity index (χ0) is 15.1. The van der Waals surface area contributed by atoms with Crippen molar-refractivity contribution < 1.29 is 14.3 Å². The van der Waals surface area contributed by atoms with Crippen LogP contribution in [0.25, 0.3) is 0 Å². The van der Waals surface area contributed by atoms with Gasteiger partial charge >= 0.3 is 0 Å². The second-order valence-corrected chi connectivity index (χ2v) is 5.18. The molecule has 1 saturated carbocycles. The molecule has 1 aliphatic carbocycles. The van der Waals surface area contributed by atoms with Gasteiger partial charge in [-0.3, -0.25) is 4.79 Å². The van der Waals surface area contributed by atoms with Gasteiger partial charge in [0, 0.05) is 30.8 Å². The van der Waals surface area contributed by atoms with Crippen molar-refractivity contribution in [1.29, 1.82) is 0 Å². The lowest BCUT2D eigenvalue weighted by molar-refractivity contribution is -0.121. The van der Waals surface area contributed by atoms with Crippen LogP contribution < -0.4 is 20.1 Å². The molecule has 0 unspecified atom stereocenters. The van der Waals surface area contributed by atoms with Crippen LogP contribution in [0.2, 0.25) is 0 Å². The Bertz CT molecular complexity index is 473. The quantitative estimate of drug-likeness (QED) is 0.729. The van der Waals surface area contributed by atoms with E-state index in [4.69, 9.17) is 9.47 Å². The summed E-state index contributed by atoms with van der Waals surface area (Å²) in [4.78, 5) is 11.4. The maximum atomic E-state index is 11.4. The highest BCUT2D eigenvalue weighted by molar-refractivity contribution is 5.75. The first-order valence-corrected chi connectivity index (χ1v) is 7.52. The summed E-state index contributed by atoms with van der Waals surface area (Å²) in [6, 6.07) is 6.47. The molecule has 0 heterocycles. The first-order chi connectivity index (χ1) is 10.2. The van der Waals surface area contributed by atoms with Crippen molar-refractivity contribution >= 4 is 5.91 Å². The fourth-order valence-electron chi connectivity index (χ4n) is 2.02. The monoisotopic (exact) mass is 292 g/mol. The number of carbonyl (C=O) groups is 1. The fraction of sp³-hybridized carbons (Fsp3) is 0.562. The fourth-order valence-corrected chi connectivity index (χ4v) is 2.02. The molecular weight excluding hydrogens is 268 g/mol. The molecular formula is C16H24N2O3. The molecule has 0 aromatic heterocycles. The summed E-state index contributed by atoms with van der Waals surface area (Å²) in [6.07, 6.45) is 2.87. The average molecular weight is 292 g/mol. The normalized spacial score (nSPS) is 13.8. The van der Waals surface area contributed by atoms with Gasteiger partial charge in [-0.1, -0.05) is 6.07 Å². The van der Waals surface area contributed by atoms with Crippen LogP contribution in [0, 0.1) is 0 Å². The maximum absolute atomic E-state index is 11.4. The number of benzene rings is 1. The predicted octanol–water partition coefficient (Wildman–Crippen LogP) is 1.85. The third kappa shape index (κ3) is 5.27. The van der Waals surface area contributed by atoms with Crippen molar-refractivity contribution in [2.24, 2.45) is 0 Å². The van der Waals surface area contributed by atoms with E-state index in [-0.39, 0.29) is 5.91 Å². The summed E-state index contributed by atoms with van der Waals surface area (Å²) in [7, 11) is 1.63. The van der Waals surface area contributed by atoms with Gasteiger partial charge in [0.1, 0.15) is 11.5 Å². The van der Waals surface area contributed by atoms with Crippen LogP contribution in [0.15, 0.2) is 18.2 Å². The Morgan fingerprint density at radius 2 is 2.19 bits per heavy atom. The molecule has 1 aromatic carbocycles. The molecule has 0 atom stereocenters. The molecule has 0 bridgehead atoms. The van der Waals surface area contributed by atoms with Gasteiger partial charge in [-0.05, 0) is 25.8 Å². The van der Waals surface area contributed by atoms with Crippen LogP contribution >= 0.6 is 0 Å². The number of rotatable bonds is 9. The van der Waals surface area contributed by atoms with E-state index in [0.29, 0.717) is 25.6 Å². The van der Waals surface area contributed by atoms with Gasteiger partial charge in [0.2, 0.25) is 5.91 Å². The number of nitrogens with one attached hydrogen (secondary N) is 2. The lowest BCUT2D eigenvalue weighted by atomic mass is 10.2. The number of carbonyl (C=O) groups excluding carboxylic acids is 1. The SMILES string of the molecule is CCNC(=O)CCOc1cc(OC)ccc1CNC1CC1. The van der Waals surface area contributed by atoms with Crippen molar-refractivity contribution in [3.8, 4) is 11.5 Å². The lowest BCUT2D eigenvalue weighted by Gasteiger charge is -2.13. The Balaban J connectivity index is 1.91. The van der Waals surface area contributed by atoms with Crippen molar-refractivity contribution in [2.75, 3.05) is 20.3 Å².